The molecule has 4 rings (SSSR count). The Morgan fingerprint density at radius 2 is 1.92 bits per heavy atom. The molecule has 0 aromatic heterocycles. The molecule has 1 amide bonds. The lowest BCUT2D eigenvalue weighted by Crippen LogP contribution is -2.41. The summed E-state index contributed by atoms with van der Waals surface area (Å²) in [6.07, 6.45) is 11.8. The Kier molecular flexibility index (Phi) is 10.3. The molecule has 6 nitrogen and oxygen atoms in total. The van der Waals surface area contributed by atoms with Gasteiger partial charge in [-0.3, -0.25) is 9.69 Å². The number of methoxy groups -OCH3 is 1. The van der Waals surface area contributed by atoms with Gasteiger partial charge in [-0.2, -0.15) is 0 Å². The van der Waals surface area contributed by atoms with Crippen molar-refractivity contribution < 1.29 is 14.3 Å². The SMILES string of the molecule is CC.COC1=C/C/C=C(/C(=O)NCC2CCN(Cc3cccc4c3OC(C)(C)C4)CC2)N(C)C(C)/C=C\1. The first-order valence-corrected chi connectivity index (χ1v) is 13.9. The second kappa shape index (κ2) is 13.2. The third kappa shape index (κ3) is 7.64. The fourth-order valence-corrected chi connectivity index (χ4v) is 5.21. The maximum Gasteiger partial charge on any atom is 0.267 e. The molecule has 1 saturated heterocycles. The highest BCUT2D eigenvalue weighted by Gasteiger charge is 2.32. The molecule has 3 heterocycles. The van der Waals surface area contributed by atoms with E-state index in [9.17, 15) is 4.79 Å². The molecule has 1 aromatic rings. The van der Waals surface area contributed by atoms with Gasteiger partial charge in [-0.1, -0.05) is 44.2 Å². The number of carbonyl (C=O) groups excluding carboxylic acids is 1. The van der Waals surface area contributed by atoms with E-state index >= 15 is 0 Å². The lowest BCUT2D eigenvalue weighted by molar-refractivity contribution is -0.119. The molecule has 0 saturated carbocycles. The fourth-order valence-electron chi connectivity index (χ4n) is 5.21. The lowest BCUT2D eigenvalue weighted by Gasteiger charge is -2.33. The van der Waals surface area contributed by atoms with Gasteiger partial charge in [0.25, 0.3) is 5.91 Å². The first kappa shape index (κ1) is 28.8. The summed E-state index contributed by atoms with van der Waals surface area (Å²) in [5, 5.41) is 3.21. The molecular weight excluding hydrogens is 462 g/mol. The number of ether oxygens (including phenoxy) is 2. The minimum atomic E-state index is -0.112. The van der Waals surface area contributed by atoms with Gasteiger partial charge in [0, 0.05) is 38.2 Å². The van der Waals surface area contributed by atoms with Crippen LogP contribution in [0.1, 0.15) is 65.0 Å². The van der Waals surface area contributed by atoms with Crippen molar-refractivity contribution in [1.82, 2.24) is 15.1 Å². The van der Waals surface area contributed by atoms with Crippen molar-refractivity contribution in [1.29, 1.82) is 0 Å². The number of likely N-dealkylation sites (tertiary alicyclic amines) is 1. The van der Waals surface area contributed by atoms with Crippen molar-refractivity contribution in [3.05, 3.63) is 65.1 Å². The standard InChI is InChI=1S/C29H41N3O3.C2H6/c1-21-12-13-25(34-5)10-7-11-26(31(21)4)28(33)30-19-22-14-16-32(17-15-22)20-24-9-6-8-23-18-29(2,3)35-27(23)24;1-2/h6,8-13,21-22H,7,14-20H2,1-5H3,(H,30,33);1-2H3/b13-12-,25-10+,26-11-;. The summed E-state index contributed by atoms with van der Waals surface area (Å²) in [6.45, 7) is 14.1. The van der Waals surface area contributed by atoms with Crippen molar-refractivity contribution in [2.45, 2.75) is 78.5 Å². The van der Waals surface area contributed by atoms with Crippen LogP contribution in [0.25, 0.3) is 0 Å². The number of nitrogens with one attached hydrogen (secondary N) is 1. The molecule has 3 aliphatic rings. The van der Waals surface area contributed by atoms with E-state index in [0.29, 0.717) is 18.0 Å². The van der Waals surface area contributed by atoms with Gasteiger partial charge in [0.05, 0.1) is 12.8 Å². The molecule has 1 N–H and O–H groups in total. The van der Waals surface area contributed by atoms with Crippen LogP contribution in [0.15, 0.2) is 54.0 Å². The summed E-state index contributed by atoms with van der Waals surface area (Å²) in [5.74, 6) is 2.43. The van der Waals surface area contributed by atoms with Crippen LogP contribution in [0.4, 0.5) is 0 Å². The van der Waals surface area contributed by atoms with Gasteiger partial charge in [0.1, 0.15) is 17.1 Å². The number of benzene rings is 1. The third-order valence-corrected chi connectivity index (χ3v) is 7.45. The fraction of sp³-hybridized carbons (Fsp3) is 0.581. The molecule has 1 aromatic carbocycles. The number of rotatable bonds is 6. The summed E-state index contributed by atoms with van der Waals surface area (Å²) in [5.41, 5.74) is 3.23. The number of hydrogen-bond acceptors (Lipinski definition) is 5. The first-order chi connectivity index (χ1) is 17.8. The van der Waals surface area contributed by atoms with Crippen molar-refractivity contribution in [3.8, 4) is 5.75 Å². The largest absolute Gasteiger partial charge is 0.497 e. The predicted octanol–water partition coefficient (Wildman–Crippen LogP) is 5.45. The Bertz CT molecular complexity index is 1000. The number of hydrogen-bond donors (Lipinski definition) is 1. The average molecular weight is 510 g/mol. The van der Waals surface area contributed by atoms with Crippen LogP contribution in [0.3, 0.4) is 0 Å². The number of allylic oxidation sites excluding steroid dienone is 3. The predicted molar refractivity (Wildman–Crippen MR) is 151 cm³/mol. The molecule has 3 aliphatic heterocycles. The van der Waals surface area contributed by atoms with E-state index in [2.05, 4.69) is 55.3 Å². The summed E-state index contributed by atoms with van der Waals surface area (Å²) in [4.78, 5) is 17.6. The van der Waals surface area contributed by atoms with Gasteiger partial charge in [0.15, 0.2) is 0 Å². The summed E-state index contributed by atoms with van der Waals surface area (Å²) < 4.78 is 11.6. The zero-order valence-corrected chi connectivity index (χ0v) is 24.0. The minimum absolute atomic E-state index is 0.00376. The molecule has 1 atom stereocenters. The van der Waals surface area contributed by atoms with E-state index in [-0.39, 0.29) is 17.6 Å². The molecule has 37 heavy (non-hydrogen) atoms. The second-order valence-electron chi connectivity index (χ2n) is 10.7. The van der Waals surface area contributed by atoms with Crippen molar-refractivity contribution in [2.24, 2.45) is 5.92 Å². The zero-order valence-electron chi connectivity index (χ0n) is 24.0. The molecule has 0 radical (unpaired) electrons. The van der Waals surface area contributed by atoms with E-state index in [0.717, 1.165) is 57.0 Å². The van der Waals surface area contributed by atoms with Crippen LogP contribution in [-0.4, -0.2) is 61.1 Å². The minimum Gasteiger partial charge on any atom is -0.497 e. The Morgan fingerprint density at radius 3 is 2.62 bits per heavy atom. The molecule has 0 bridgehead atoms. The number of likely N-dealkylation sites (N-methyl/N-ethyl adjacent to an activating group) is 1. The monoisotopic (exact) mass is 509 g/mol. The zero-order chi connectivity index (χ0) is 27.0. The van der Waals surface area contributed by atoms with Crippen molar-refractivity contribution in [3.63, 3.8) is 0 Å². The number of amides is 1. The number of piperidine rings is 1. The Balaban J connectivity index is 0.00000186. The Hall–Kier alpha value is -2.73. The van der Waals surface area contributed by atoms with E-state index in [1.54, 1.807) is 7.11 Å². The molecule has 0 spiro atoms. The topological polar surface area (TPSA) is 54.0 Å². The highest BCUT2D eigenvalue weighted by atomic mass is 16.5. The smallest absolute Gasteiger partial charge is 0.267 e. The van der Waals surface area contributed by atoms with Crippen LogP contribution in [0.5, 0.6) is 5.75 Å². The average Bonchev–Trinajstić information content (AvgIpc) is 3.25. The van der Waals surface area contributed by atoms with Crippen molar-refractivity contribution in [2.75, 3.05) is 33.8 Å². The maximum absolute atomic E-state index is 13.1. The quantitative estimate of drug-likeness (QED) is 0.553. The van der Waals surface area contributed by atoms with Gasteiger partial charge in [-0.25, -0.2) is 0 Å². The molecule has 1 fully saturated rings. The first-order valence-electron chi connectivity index (χ1n) is 13.9. The third-order valence-electron chi connectivity index (χ3n) is 7.45. The highest BCUT2D eigenvalue weighted by molar-refractivity contribution is 5.92. The van der Waals surface area contributed by atoms with Gasteiger partial charge in [-0.15, -0.1) is 0 Å². The lowest BCUT2D eigenvalue weighted by atomic mass is 9.96. The van der Waals surface area contributed by atoms with Crippen LogP contribution in [0, 0.1) is 5.92 Å². The molecule has 6 heteroatoms. The number of para-hydroxylation sites is 1. The highest BCUT2D eigenvalue weighted by Crippen LogP contribution is 2.38. The normalized spacial score (nSPS) is 25.4. The van der Waals surface area contributed by atoms with E-state index < -0.39 is 0 Å². The molecular formula is C31H47N3O3. The molecule has 1 unspecified atom stereocenters. The summed E-state index contributed by atoms with van der Waals surface area (Å²) in [6, 6.07) is 6.65. The van der Waals surface area contributed by atoms with Gasteiger partial charge < -0.3 is 19.7 Å². The summed E-state index contributed by atoms with van der Waals surface area (Å²) >= 11 is 0. The van der Waals surface area contributed by atoms with Crippen LogP contribution >= 0.6 is 0 Å². The van der Waals surface area contributed by atoms with Gasteiger partial charge in [-0.05, 0) is 76.8 Å². The van der Waals surface area contributed by atoms with Crippen LogP contribution in [-0.2, 0) is 22.5 Å². The van der Waals surface area contributed by atoms with Gasteiger partial charge >= 0.3 is 0 Å². The Morgan fingerprint density at radius 1 is 1.19 bits per heavy atom. The number of nitrogens with zero attached hydrogens (tertiary/aromatic N) is 2. The van der Waals surface area contributed by atoms with E-state index in [1.165, 1.54) is 11.1 Å². The summed E-state index contributed by atoms with van der Waals surface area (Å²) in [7, 11) is 3.65. The second-order valence-corrected chi connectivity index (χ2v) is 10.7. The van der Waals surface area contributed by atoms with Crippen molar-refractivity contribution >= 4 is 5.91 Å². The van der Waals surface area contributed by atoms with Crippen LogP contribution in [0.2, 0.25) is 0 Å². The number of fused-ring (bicyclic) bond motifs is 1. The Labute approximate surface area is 224 Å². The maximum atomic E-state index is 13.1. The molecule has 0 aliphatic carbocycles. The van der Waals surface area contributed by atoms with Crippen LogP contribution < -0.4 is 10.1 Å². The van der Waals surface area contributed by atoms with E-state index in [1.807, 2.05) is 44.0 Å². The number of carbonyl (C=O) groups is 1. The molecule has 204 valence electrons. The van der Waals surface area contributed by atoms with Gasteiger partial charge in [0.2, 0.25) is 0 Å². The van der Waals surface area contributed by atoms with E-state index in [4.69, 9.17) is 9.47 Å².